The smallest absolute Gasteiger partial charge is 0.418 e. The van der Waals surface area contributed by atoms with E-state index in [2.05, 4.69) is 5.32 Å². The summed E-state index contributed by atoms with van der Waals surface area (Å²) in [5.74, 6) is 0. The van der Waals surface area contributed by atoms with Crippen LogP contribution in [0.25, 0.3) is 0 Å². The number of aromatic nitrogens is 1. The standard InChI is InChI=1S/C17H28N2O6/c1-16(2,3)24-14(22)18-10-12(20)13(21)11-8-7-9-19(11)15(23)25-17(4,5)6/h7-9,12-13,20-21H,10H2,1-6H3,(H,18,22). The van der Waals surface area contributed by atoms with Crippen LogP contribution in [-0.2, 0) is 9.47 Å². The molecule has 2 atom stereocenters. The summed E-state index contributed by atoms with van der Waals surface area (Å²) in [5.41, 5.74) is -1.20. The number of aliphatic hydroxyl groups excluding tert-OH is 2. The molecule has 0 radical (unpaired) electrons. The largest absolute Gasteiger partial charge is 0.444 e. The number of amides is 1. The Morgan fingerprint density at radius 1 is 1.12 bits per heavy atom. The van der Waals surface area contributed by atoms with E-state index < -0.39 is 35.6 Å². The number of ether oxygens (including phenoxy) is 2. The van der Waals surface area contributed by atoms with Crippen molar-refractivity contribution in [1.82, 2.24) is 9.88 Å². The van der Waals surface area contributed by atoms with Gasteiger partial charge >= 0.3 is 12.2 Å². The molecule has 142 valence electrons. The second-order valence-electron chi connectivity index (χ2n) is 7.68. The van der Waals surface area contributed by atoms with Gasteiger partial charge in [-0.2, -0.15) is 0 Å². The van der Waals surface area contributed by atoms with Crippen molar-refractivity contribution in [3.05, 3.63) is 24.0 Å². The predicted octanol–water partition coefficient (Wildman–Crippen LogP) is 2.19. The van der Waals surface area contributed by atoms with E-state index >= 15 is 0 Å². The van der Waals surface area contributed by atoms with Gasteiger partial charge in [-0.25, -0.2) is 9.59 Å². The predicted molar refractivity (Wildman–Crippen MR) is 91.3 cm³/mol. The van der Waals surface area contributed by atoms with Crippen LogP contribution in [0.15, 0.2) is 18.3 Å². The van der Waals surface area contributed by atoms with Gasteiger partial charge in [0, 0.05) is 12.7 Å². The number of aliphatic hydroxyl groups is 2. The molecule has 1 aromatic rings. The van der Waals surface area contributed by atoms with E-state index in [1.54, 1.807) is 47.6 Å². The average molecular weight is 356 g/mol. The highest BCUT2D eigenvalue weighted by atomic mass is 16.6. The number of hydrogen-bond donors (Lipinski definition) is 3. The summed E-state index contributed by atoms with van der Waals surface area (Å²) in [7, 11) is 0. The maximum atomic E-state index is 12.2. The van der Waals surface area contributed by atoms with Gasteiger partial charge in [-0.15, -0.1) is 0 Å². The molecule has 1 rings (SSSR count). The maximum absolute atomic E-state index is 12.2. The zero-order chi connectivity index (χ0) is 19.4. The molecule has 8 nitrogen and oxygen atoms in total. The lowest BCUT2D eigenvalue weighted by atomic mass is 10.1. The molecule has 0 fully saturated rings. The van der Waals surface area contributed by atoms with Crippen molar-refractivity contribution in [2.24, 2.45) is 0 Å². The fraction of sp³-hybridized carbons (Fsp3) is 0.647. The Hall–Kier alpha value is -2.06. The molecule has 0 aliphatic carbocycles. The summed E-state index contributed by atoms with van der Waals surface area (Å²) in [4.78, 5) is 23.7. The zero-order valence-electron chi connectivity index (χ0n) is 15.6. The SMILES string of the molecule is CC(C)(C)OC(=O)NCC(O)C(O)c1cccn1C(=O)OC(C)(C)C. The second kappa shape index (κ2) is 7.88. The summed E-state index contributed by atoms with van der Waals surface area (Å²) in [6, 6.07) is 3.04. The fourth-order valence-electron chi connectivity index (χ4n) is 1.92. The highest BCUT2D eigenvalue weighted by Gasteiger charge is 2.27. The topological polar surface area (TPSA) is 110 Å². The van der Waals surface area contributed by atoms with Crippen LogP contribution in [0.3, 0.4) is 0 Å². The minimum absolute atomic E-state index is 0.160. The Bertz CT molecular complexity index is 597. The first kappa shape index (κ1) is 21.0. The number of rotatable bonds is 4. The molecule has 3 N–H and O–H groups in total. The van der Waals surface area contributed by atoms with Gasteiger partial charge in [0.2, 0.25) is 0 Å². The van der Waals surface area contributed by atoms with Gasteiger partial charge in [0.25, 0.3) is 0 Å². The minimum Gasteiger partial charge on any atom is -0.444 e. The van der Waals surface area contributed by atoms with E-state index in [4.69, 9.17) is 9.47 Å². The summed E-state index contributed by atoms with van der Waals surface area (Å²) < 4.78 is 11.4. The lowest BCUT2D eigenvalue weighted by Gasteiger charge is -2.24. The lowest BCUT2D eigenvalue weighted by Crippen LogP contribution is -2.39. The fourth-order valence-corrected chi connectivity index (χ4v) is 1.92. The third kappa shape index (κ3) is 7.15. The average Bonchev–Trinajstić information content (AvgIpc) is 2.89. The minimum atomic E-state index is -1.39. The van der Waals surface area contributed by atoms with Gasteiger partial charge in [0.05, 0.1) is 5.69 Å². The van der Waals surface area contributed by atoms with Crippen LogP contribution < -0.4 is 5.32 Å². The van der Waals surface area contributed by atoms with E-state index in [-0.39, 0.29) is 12.2 Å². The van der Waals surface area contributed by atoms with Crippen LogP contribution >= 0.6 is 0 Å². The summed E-state index contributed by atoms with van der Waals surface area (Å²) in [5, 5.41) is 22.7. The van der Waals surface area contributed by atoms with Crippen LogP contribution in [0.5, 0.6) is 0 Å². The van der Waals surface area contributed by atoms with Gasteiger partial charge < -0.3 is 25.0 Å². The molecule has 8 heteroatoms. The Morgan fingerprint density at radius 2 is 1.68 bits per heavy atom. The highest BCUT2D eigenvalue weighted by molar-refractivity contribution is 5.72. The number of carbonyl (C=O) groups is 2. The van der Waals surface area contributed by atoms with E-state index in [0.717, 1.165) is 4.57 Å². The maximum Gasteiger partial charge on any atom is 0.418 e. The molecular formula is C17H28N2O6. The van der Waals surface area contributed by atoms with Gasteiger partial charge in [0.1, 0.15) is 23.4 Å². The number of nitrogens with one attached hydrogen (secondary N) is 1. The van der Waals surface area contributed by atoms with Crippen LogP contribution in [0.2, 0.25) is 0 Å². The quantitative estimate of drug-likeness (QED) is 0.763. The zero-order valence-corrected chi connectivity index (χ0v) is 15.6. The molecule has 1 heterocycles. The van der Waals surface area contributed by atoms with E-state index in [9.17, 15) is 19.8 Å². The van der Waals surface area contributed by atoms with Crippen molar-refractivity contribution < 1.29 is 29.3 Å². The van der Waals surface area contributed by atoms with Crippen LogP contribution in [0, 0.1) is 0 Å². The molecule has 0 aromatic carbocycles. The lowest BCUT2D eigenvalue weighted by molar-refractivity contribution is 0.00722. The first-order valence-corrected chi connectivity index (χ1v) is 8.04. The van der Waals surface area contributed by atoms with Gasteiger partial charge in [-0.3, -0.25) is 4.57 Å². The molecule has 25 heavy (non-hydrogen) atoms. The molecule has 1 amide bonds. The third-order valence-electron chi connectivity index (χ3n) is 2.89. The number of nitrogens with zero attached hydrogens (tertiary/aromatic N) is 1. The second-order valence-corrected chi connectivity index (χ2v) is 7.68. The Kier molecular flexibility index (Phi) is 6.61. The first-order valence-electron chi connectivity index (χ1n) is 8.04. The van der Waals surface area contributed by atoms with Crippen LogP contribution in [-0.4, -0.2) is 50.8 Å². The van der Waals surface area contributed by atoms with Crippen molar-refractivity contribution in [3.8, 4) is 0 Å². The Balaban J connectivity index is 2.71. The van der Waals surface area contributed by atoms with E-state index in [0.29, 0.717) is 0 Å². The first-order chi connectivity index (χ1) is 11.3. The normalized spacial score (nSPS) is 14.6. The van der Waals surface area contributed by atoms with Gasteiger partial charge in [-0.1, -0.05) is 0 Å². The highest BCUT2D eigenvalue weighted by Crippen LogP contribution is 2.19. The molecule has 0 aliphatic heterocycles. The molecule has 0 aliphatic rings. The third-order valence-corrected chi connectivity index (χ3v) is 2.89. The Labute approximate surface area is 147 Å². The monoisotopic (exact) mass is 356 g/mol. The summed E-state index contributed by atoms with van der Waals surface area (Å²) in [6.07, 6.45) is -2.66. The van der Waals surface area contributed by atoms with Crippen molar-refractivity contribution in [1.29, 1.82) is 0 Å². The van der Waals surface area contributed by atoms with Crippen LogP contribution in [0.4, 0.5) is 9.59 Å². The van der Waals surface area contributed by atoms with Crippen molar-refractivity contribution in [2.45, 2.75) is 65.0 Å². The molecule has 0 bridgehead atoms. The van der Waals surface area contributed by atoms with Crippen molar-refractivity contribution in [2.75, 3.05) is 6.54 Å². The molecule has 0 saturated carbocycles. The van der Waals surface area contributed by atoms with Gasteiger partial charge in [-0.05, 0) is 53.7 Å². The molecule has 2 unspecified atom stereocenters. The molecule has 0 spiro atoms. The number of carbonyl (C=O) groups excluding carboxylic acids is 2. The van der Waals surface area contributed by atoms with Crippen molar-refractivity contribution >= 4 is 12.2 Å². The molecule has 1 aromatic heterocycles. The van der Waals surface area contributed by atoms with Crippen LogP contribution in [0.1, 0.15) is 53.3 Å². The molecule has 0 saturated heterocycles. The van der Waals surface area contributed by atoms with Crippen molar-refractivity contribution in [3.63, 3.8) is 0 Å². The van der Waals surface area contributed by atoms with E-state index in [1.807, 2.05) is 0 Å². The number of hydrogen-bond acceptors (Lipinski definition) is 6. The number of alkyl carbamates (subject to hydrolysis) is 1. The molecular weight excluding hydrogens is 328 g/mol. The summed E-state index contributed by atoms with van der Waals surface area (Å²) >= 11 is 0. The van der Waals surface area contributed by atoms with E-state index in [1.165, 1.54) is 12.3 Å². The summed E-state index contributed by atoms with van der Waals surface area (Å²) in [6.45, 7) is 10.1. The van der Waals surface area contributed by atoms with Gasteiger partial charge in [0.15, 0.2) is 0 Å². The Morgan fingerprint density at radius 3 is 2.20 bits per heavy atom.